The number of rotatable bonds is 8. The quantitative estimate of drug-likeness (QED) is 0.560. The van der Waals surface area contributed by atoms with Crippen molar-refractivity contribution in [2.45, 2.75) is 51.7 Å². The monoisotopic (exact) mass is 329 g/mol. The molecule has 1 N–H and O–H groups in total. The van der Waals surface area contributed by atoms with Gasteiger partial charge in [0.15, 0.2) is 8.32 Å². The fourth-order valence-corrected chi connectivity index (χ4v) is 2.93. The van der Waals surface area contributed by atoms with Crippen LogP contribution < -0.4 is 5.32 Å². The Labute approximate surface area is 134 Å². The Morgan fingerprint density at radius 3 is 2.23 bits per heavy atom. The van der Waals surface area contributed by atoms with Crippen molar-refractivity contribution in [3.63, 3.8) is 0 Å². The predicted octanol–water partition coefficient (Wildman–Crippen LogP) is 4.51. The van der Waals surface area contributed by atoms with Gasteiger partial charge in [0.2, 0.25) is 0 Å². The second-order valence-corrected chi connectivity index (χ2v) is 12.0. The Morgan fingerprint density at radius 1 is 1.09 bits per heavy atom. The number of halogens is 2. The maximum Gasteiger partial charge on any atom is 0.192 e. The molecule has 0 radical (unpaired) electrons. The van der Waals surface area contributed by atoms with Crippen molar-refractivity contribution in [2.24, 2.45) is 0 Å². The van der Waals surface area contributed by atoms with Gasteiger partial charge in [0, 0.05) is 18.7 Å². The van der Waals surface area contributed by atoms with E-state index in [1.165, 1.54) is 18.2 Å². The van der Waals surface area contributed by atoms with Crippen LogP contribution in [0.4, 0.5) is 8.78 Å². The Balaban J connectivity index is 2.19. The highest BCUT2D eigenvalue weighted by Gasteiger charge is 2.36. The van der Waals surface area contributed by atoms with Crippen LogP contribution in [0.25, 0.3) is 0 Å². The maximum atomic E-state index is 13.4. The first-order valence-electron chi connectivity index (χ1n) is 7.93. The first kappa shape index (κ1) is 19.3. The summed E-state index contributed by atoms with van der Waals surface area (Å²) in [5.74, 6) is -0.914. The highest BCUT2D eigenvalue weighted by Crippen LogP contribution is 2.36. The lowest BCUT2D eigenvalue weighted by atomic mass is 10.1. The summed E-state index contributed by atoms with van der Waals surface area (Å²) in [4.78, 5) is 0. The van der Waals surface area contributed by atoms with Crippen LogP contribution in [0.15, 0.2) is 18.2 Å². The zero-order valence-electron chi connectivity index (χ0n) is 14.4. The fourth-order valence-electron chi connectivity index (χ4n) is 1.88. The van der Waals surface area contributed by atoms with E-state index in [1.54, 1.807) is 0 Å². The maximum absolute atomic E-state index is 13.4. The molecule has 0 saturated carbocycles. The van der Waals surface area contributed by atoms with E-state index in [1.807, 2.05) is 0 Å². The molecular weight excluding hydrogens is 300 g/mol. The SMILES string of the molecule is CC(C)(C)[Si](C)(C)OCCNCCCc1c(F)cccc1F. The van der Waals surface area contributed by atoms with Crippen molar-refractivity contribution in [1.29, 1.82) is 0 Å². The summed E-state index contributed by atoms with van der Waals surface area (Å²) in [6, 6.07) is 4.00. The van der Waals surface area contributed by atoms with E-state index in [0.29, 0.717) is 19.4 Å². The zero-order chi connectivity index (χ0) is 16.8. The molecule has 0 aliphatic rings. The van der Waals surface area contributed by atoms with Crippen LogP contribution in [0, 0.1) is 11.6 Å². The molecular formula is C17H29F2NOSi. The minimum Gasteiger partial charge on any atom is -0.416 e. The zero-order valence-corrected chi connectivity index (χ0v) is 15.4. The lowest BCUT2D eigenvalue weighted by Crippen LogP contribution is -2.42. The van der Waals surface area contributed by atoms with Crippen LogP contribution in [0.3, 0.4) is 0 Å². The summed E-state index contributed by atoms with van der Waals surface area (Å²) in [6.07, 6.45) is 1.12. The van der Waals surface area contributed by atoms with Crippen LogP contribution in [-0.4, -0.2) is 28.0 Å². The number of nitrogens with one attached hydrogen (secondary N) is 1. The Bertz CT molecular complexity index is 452. The highest BCUT2D eigenvalue weighted by atomic mass is 28.4. The third kappa shape index (κ3) is 5.78. The predicted molar refractivity (Wildman–Crippen MR) is 90.7 cm³/mol. The lowest BCUT2D eigenvalue weighted by Gasteiger charge is -2.36. The first-order valence-corrected chi connectivity index (χ1v) is 10.8. The van der Waals surface area contributed by atoms with Gasteiger partial charge in [0.25, 0.3) is 0 Å². The molecule has 5 heteroatoms. The molecule has 1 aromatic rings. The van der Waals surface area contributed by atoms with E-state index < -0.39 is 20.0 Å². The average molecular weight is 330 g/mol. The summed E-state index contributed by atoms with van der Waals surface area (Å²) >= 11 is 0. The normalized spacial score (nSPS) is 12.7. The van der Waals surface area contributed by atoms with Crippen LogP contribution in [0.1, 0.15) is 32.8 Å². The second kappa shape index (κ2) is 8.18. The Kier molecular flexibility index (Phi) is 7.16. The van der Waals surface area contributed by atoms with Crippen molar-refractivity contribution in [2.75, 3.05) is 19.7 Å². The number of benzene rings is 1. The van der Waals surface area contributed by atoms with Gasteiger partial charge in [-0.15, -0.1) is 0 Å². The second-order valence-electron chi connectivity index (χ2n) is 7.16. The van der Waals surface area contributed by atoms with Gasteiger partial charge in [-0.2, -0.15) is 0 Å². The van der Waals surface area contributed by atoms with Crippen molar-refractivity contribution in [3.8, 4) is 0 Å². The van der Waals surface area contributed by atoms with E-state index in [0.717, 1.165) is 13.1 Å². The van der Waals surface area contributed by atoms with Crippen LogP contribution in [0.2, 0.25) is 18.1 Å². The molecule has 0 aliphatic carbocycles. The van der Waals surface area contributed by atoms with Gasteiger partial charge in [-0.05, 0) is 49.7 Å². The van der Waals surface area contributed by atoms with Gasteiger partial charge in [0.05, 0.1) is 0 Å². The molecule has 0 unspecified atom stereocenters. The molecule has 1 aromatic carbocycles. The van der Waals surface area contributed by atoms with Crippen LogP contribution >= 0.6 is 0 Å². The summed E-state index contributed by atoms with van der Waals surface area (Å²) in [6.45, 7) is 13.3. The molecule has 0 amide bonds. The lowest BCUT2D eigenvalue weighted by molar-refractivity contribution is 0.286. The topological polar surface area (TPSA) is 21.3 Å². The molecule has 0 bridgehead atoms. The molecule has 0 aromatic heterocycles. The molecule has 0 spiro atoms. The molecule has 22 heavy (non-hydrogen) atoms. The third-order valence-electron chi connectivity index (χ3n) is 4.39. The number of hydrogen-bond acceptors (Lipinski definition) is 2. The van der Waals surface area contributed by atoms with Crippen molar-refractivity contribution in [3.05, 3.63) is 35.4 Å². The smallest absolute Gasteiger partial charge is 0.192 e. The van der Waals surface area contributed by atoms with Crippen LogP contribution in [-0.2, 0) is 10.8 Å². The van der Waals surface area contributed by atoms with Crippen molar-refractivity contribution < 1.29 is 13.2 Å². The molecule has 0 aliphatic heterocycles. The van der Waals surface area contributed by atoms with E-state index in [-0.39, 0.29) is 10.6 Å². The highest BCUT2D eigenvalue weighted by molar-refractivity contribution is 6.74. The average Bonchev–Trinajstić information content (AvgIpc) is 2.39. The first-order chi connectivity index (χ1) is 10.1. The Morgan fingerprint density at radius 2 is 1.68 bits per heavy atom. The van der Waals surface area contributed by atoms with E-state index >= 15 is 0 Å². The standard InChI is InChI=1S/C17H29F2NOSi/c1-17(2,3)22(4,5)21-13-12-20-11-7-8-14-15(18)9-6-10-16(14)19/h6,9-10,20H,7-8,11-13H2,1-5H3. The molecule has 2 nitrogen and oxygen atoms in total. The molecule has 126 valence electrons. The van der Waals surface area contributed by atoms with Gasteiger partial charge >= 0.3 is 0 Å². The Hall–Kier alpha value is -0.783. The van der Waals surface area contributed by atoms with E-state index in [4.69, 9.17) is 4.43 Å². The van der Waals surface area contributed by atoms with Crippen molar-refractivity contribution in [1.82, 2.24) is 5.32 Å². The van der Waals surface area contributed by atoms with Crippen molar-refractivity contribution >= 4 is 8.32 Å². The van der Waals surface area contributed by atoms with Gasteiger partial charge in [-0.3, -0.25) is 0 Å². The summed E-state index contributed by atoms with van der Waals surface area (Å²) in [5.41, 5.74) is 0.182. The van der Waals surface area contributed by atoms with E-state index in [9.17, 15) is 8.78 Å². The minimum absolute atomic E-state index is 0.182. The summed E-state index contributed by atoms with van der Waals surface area (Å²) < 4.78 is 32.9. The van der Waals surface area contributed by atoms with Crippen LogP contribution in [0.5, 0.6) is 0 Å². The van der Waals surface area contributed by atoms with Gasteiger partial charge in [-0.1, -0.05) is 26.8 Å². The third-order valence-corrected chi connectivity index (χ3v) is 8.93. The van der Waals surface area contributed by atoms with Gasteiger partial charge in [-0.25, -0.2) is 8.78 Å². The van der Waals surface area contributed by atoms with Gasteiger partial charge < -0.3 is 9.74 Å². The molecule has 0 heterocycles. The number of hydrogen-bond donors (Lipinski definition) is 1. The molecule has 1 rings (SSSR count). The largest absolute Gasteiger partial charge is 0.416 e. The molecule has 0 fully saturated rings. The fraction of sp³-hybridized carbons (Fsp3) is 0.647. The molecule has 0 saturated heterocycles. The summed E-state index contributed by atoms with van der Waals surface area (Å²) in [7, 11) is -1.68. The van der Waals surface area contributed by atoms with E-state index in [2.05, 4.69) is 39.2 Å². The summed E-state index contributed by atoms with van der Waals surface area (Å²) in [5, 5.41) is 3.49. The van der Waals surface area contributed by atoms with Gasteiger partial charge in [0.1, 0.15) is 11.6 Å². The molecule has 0 atom stereocenters. The minimum atomic E-state index is -1.68.